The van der Waals surface area contributed by atoms with E-state index in [0.29, 0.717) is 18.7 Å². The molecule has 1 aromatic heterocycles. The Bertz CT molecular complexity index is 910. The largest absolute Gasteiger partial charge is 0.454 e. The fourth-order valence-electron chi connectivity index (χ4n) is 3.58. The van der Waals surface area contributed by atoms with Gasteiger partial charge in [0.1, 0.15) is 6.04 Å². The number of hydrogen-bond acceptors (Lipinski definition) is 7. The average molecular weight is 381 g/mol. The van der Waals surface area contributed by atoms with E-state index in [4.69, 9.17) is 9.15 Å². The Kier molecular flexibility index (Phi) is 4.77. The van der Waals surface area contributed by atoms with Crippen LogP contribution in [-0.2, 0) is 25.7 Å². The SMILES string of the molecule is C[C@@H](C(=O)OCc1nnc(-c2ccccc2)o1)N1C(=O)[C@H]2CC=CC[C@H]2C1=O. The minimum atomic E-state index is -0.998. The number of allylic oxidation sites excluding steroid dienone is 2. The summed E-state index contributed by atoms with van der Waals surface area (Å²) in [6.07, 6.45) is 4.85. The number of hydrogen-bond donors (Lipinski definition) is 0. The molecule has 8 nitrogen and oxygen atoms in total. The third-order valence-electron chi connectivity index (χ3n) is 5.10. The molecule has 28 heavy (non-hydrogen) atoms. The number of amides is 2. The van der Waals surface area contributed by atoms with Gasteiger partial charge in [0.15, 0.2) is 6.61 Å². The maximum atomic E-state index is 12.6. The lowest BCUT2D eigenvalue weighted by Crippen LogP contribution is -2.44. The predicted molar refractivity (Wildman–Crippen MR) is 96.2 cm³/mol. The summed E-state index contributed by atoms with van der Waals surface area (Å²) in [6.45, 7) is 1.26. The van der Waals surface area contributed by atoms with E-state index < -0.39 is 12.0 Å². The van der Waals surface area contributed by atoms with Gasteiger partial charge in [-0.2, -0.15) is 0 Å². The molecule has 1 aliphatic carbocycles. The molecular formula is C20H19N3O5. The van der Waals surface area contributed by atoms with Crippen molar-refractivity contribution in [1.82, 2.24) is 15.1 Å². The maximum absolute atomic E-state index is 12.6. The first-order valence-corrected chi connectivity index (χ1v) is 9.12. The second kappa shape index (κ2) is 7.38. The number of carbonyl (C=O) groups excluding carboxylic acids is 3. The van der Waals surface area contributed by atoms with Crippen LogP contribution in [0.1, 0.15) is 25.7 Å². The first kappa shape index (κ1) is 18.1. The summed E-state index contributed by atoms with van der Waals surface area (Å²) in [5, 5.41) is 7.79. The number of fused-ring (bicyclic) bond motifs is 1. The van der Waals surface area contributed by atoms with Crippen LogP contribution >= 0.6 is 0 Å². The van der Waals surface area contributed by atoms with Crippen LogP contribution in [0, 0.1) is 11.8 Å². The van der Waals surface area contributed by atoms with Crippen LogP contribution in [0.15, 0.2) is 46.9 Å². The lowest BCUT2D eigenvalue weighted by atomic mass is 9.85. The number of imide groups is 1. The molecule has 0 saturated carbocycles. The van der Waals surface area contributed by atoms with Crippen LogP contribution in [0.3, 0.4) is 0 Å². The lowest BCUT2D eigenvalue weighted by Gasteiger charge is -2.21. The van der Waals surface area contributed by atoms with Crippen molar-refractivity contribution >= 4 is 17.8 Å². The van der Waals surface area contributed by atoms with Crippen molar-refractivity contribution in [2.24, 2.45) is 11.8 Å². The van der Waals surface area contributed by atoms with Gasteiger partial charge in [0.2, 0.25) is 17.7 Å². The van der Waals surface area contributed by atoms with E-state index in [2.05, 4.69) is 10.2 Å². The van der Waals surface area contributed by atoms with Crippen LogP contribution in [0.4, 0.5) is 0 Å². The zero-order chi connectivity index (χ0) is 19.7. The van der Waals surface area contributed by atoms with Gasteiger partial charge in [0, 0.05) is 5.56 Å². The average Bonchev–Trinajstić information content (AvgIpc) is 3.30. The van der Waals surface area contributed by atoms with Crippen molar-refractivity contribution in [1.29, 1.82) is 0 Å². The number of aromatic nitrogens is 2. The highest BCUT2D eigenvalue weighted by Crippen LogP contribution is 2.36. The summed E-state index contributed by atoms with van der Waals surface area (Å²) in [7, 11) is 0. The molecule has 0 N–H and O–H groups in total. The molecule has 2 heterocycles. The van der Waals surface area contributed by atoms with E-state index in [9.17, 15) is 14.4 Å². The fraction of sp³-hybridized carbons (Fsp3) is 0.350. The van der Waals surface area contributed by atoms with Crippen molar-refractivity contribution in [3.8, 4) is 11.5 Å². The Balaban J connectivity index is 1.38. The van der Waals surface area contributed by atoms with Crippen LogP contribution < -0.4 is 0 Å². The normalized spacial score (nSPS) is 22.2. The number of carbonyl (C=O) groups is 3. The van der Waals surface area contributed by atoms with Crippen LogP contribution in [-0.4, -0.2) is 38.9 Å². The van der Waals surface area contributed by atoms with Gasteiger partial charge in [-0.3, -0.25) is 14.5 Å². The number of ether oxygens (including phenoxy) is 1. The highest BCUT2D eigenvalue weighted by molar-refractivity contribution is 6.08. The fourth-order valence-corrected chi connectivity index (χ4v) is 3.58. The highest BCUT2D eigenvalue weighted by atomic mass is 16.5. The Hall–Kier alpha value is -3.29. The topological polar surface area (TPSA) is 103 Å². The lowest BCUT2D eigenvalue weighted by molar-refractivity contribution is -0.159. The van der Waals surface area contributed by atoms with Crippen molar-refractivity contribution in [2.45, 2.75) is 32.4 Å². The van der Waals surface area contributed by atoms with Gasteiger partial charge in [-0.25, -0.2) is 4.79 Å². The minimum Gasteiger partial charge on any atom is -0.454 e. The second-order valence-electron chi connectivity index (χ2n) is 6.85. The molecule has 4 rings (SSSR count). The van der Waals surface area contributed by atoms with Crippen molar-refractivity contribution in [3.05, 3.63) is 48.4 Å². The molecule has 144 valence electrons. The number of likely N-dealkylation sites (tertiary alicyclic amines) is 1. The number of rotatable bonds is 5. The Morgan fingerprint density at radius 3 is 2.43 bits per heavy atom. The van der Waals surface area contributed by atoms with E-state index in [1.54, 1.807) is 0 Å². The summed E-state index contributed by atoms with van der Waals surface area (Å²) in [5.41, 5.74) is 0.755. The van der Waals surface area contributed by atoms with E-state index in [0.717, 1.165) is 10.5 Å². The molecule has 0 unspecified atom stereocenters. The van der Waals surface area contributed by atoms with E-state index >= 15 is 0 Å². The van der Waals surface area contributed by atoms with E-state index in [-0.39, 0.29) is 36.1 Å². The minimum absolute atomic E-state index is 0.136. The van der Waals surface area contributed by atoms with Crippen LogP contribution in [0.2, 0.25) is 0 Å². The molecule has 3 atom stereocenters. The smallest absolute Gasteiger partial charge is 0.329 e. The summed E-state index contributed by atoms with van der Waals surface area (Å²) in [6, 6.07) is 8.21. The number of benzene rings is 1. The zero-order valence-corrected chi connectivity index (χ0v) is 15.3. The first-order chi connectivity index (χ1) is 13.6. The molecule has 2 aliphatic rings. The third-order valence-corrected chi connectivity index (χ3v) is 5.10. The summed E-state index contributed by atoms with van der Waals surface area (Å²) in [5.74, 6) is -1.61. The Morgan fingerprint density at radius 2 is 1.79 bits per heavy atom. The number of nitrogens with zero attached hydrogens (tertiary/aromatic N) is 3. The van der Waals surface area contributed by atoms with Crippen LogP contribution in [0.5, 0.6) is 0 Å². The van der Waals surface area contributed by atoms with Gasteiger partial charge >= 0.3 is 5.97 Å². The van der Waals surface area contributed by atoms with Gasteiger partial charge in [-0.15, -0.1) is 10.2 Å². The Labute approximate surface area is 161 Å². The molecule has 0 bridgehead atoms. The molecule has 1 aromatic carbocycles. The molecular weight excluding hydrogens is 362 g/mol. The highest BCUT2D eigenvalue weighted by Gasteiger charge is 2.50. The molecule has 1 aliphatic heterocycles. The van der Waals surface area contributed by atoms with Gasteiger partial charge in [-0.1, -0.05) is 30.4 Å². The van der Waals surface area contributed by atoms with Gasteiger partial charge in [-0.05, 0) is 31.9 Å². The molecule has 2 amide bonds. The summed E-state index contributed by atoms with van der Waals surface area (Å²) >= 11 is 0. The monoisotopic (exact) mass is 381 g/mol. The standard InChI is InChI=1S/C20H19N3O5/c1-12(23-18(24)14-9-5-6-10-15(14)19(23)25)20(26)27-11-16-21-22-17(28-16)13-7-3-2-4-8-13/h2-8,12,14-15H,9-11H2,1H3/t12-,14-,15+/m0/s1. The van der Waals surface area contributed by atoms with Gasteiger partial charge in [0.25, 0.3) is 5.89 Å². The van der Waals surface area contributed by atoms with Gasteiger partial charge < -0.3 is 9.15 Å². The van der Waals surface area contributed by atoms with Crippen molar-refractivity contribution in [3.63, 3.8) is 0 Å². The quantitative estimate of drug-likeness (QED) is 0.444. The van der Waals surface area contributed by atoms with E-state index in [1.807, 2.05) is 42.5 Å². The molecule has 1 fully saturated rings. The second-order valence-corrected chi connectivity index (χ2v) is 6.85. The molecule has 0 spiro atoms. The summed E-state index contributed by atoms with van der Waals surface area (Å²) < 4.78 is 10.7. The van der Waals surface area contributed by atoms with E-state index in [1.165, 1.54) is 6.92 Å². The van der Waals surface area contributed by atoms with Gasteiger partial charge in [0.05, 0.1) is 11.8 Å². The molecule has 1 saturated heterocycles. The maximum Gasteiger partial charge on any atom is 0.329 e. The zero-order valence-electron chi connectivity index (χ0n) is 15.3. The van der Waals surface area contributed by atoms with Crippen molar-refractivity contribution in [2.75, 3.05) is 0 Å². The Morgan fingerprint density at radius 1 is 1.14 bits per heavy atom. The summed E-state index contributed by atoms with van der Waals surface area (Å²) in [4.78, 5) is 38.5. The number of esters is 1. The van der Waals surface area contributed by atoms with Crippen LogP contribution in [0.25, 0.3) is 11.5 Å². The molecule has 8 heteroatoms. The molecule has 2 aromatic rings. The predicted octanol–water partition coefficient (Wildman–Crippen LogP) is 2.12. The first-order valence-electron chi connectivity index (χ1n) is 9.12. The molecule has 0 radical (unpaired) electrons. The van der Waals surface area contributed by atoms with Crippen molar-refractivity contribution < 1.29 is 23.5 Å². The third kappa shape index (κ3) is 3.21.